The molecule has 3 heteroatoms. The maximum atomic E-state index is 5.68. The van der Waals surface area contributed by atoms with Crippen LogP contribution in [0.3, 0.4) is 0 Å². The summed E-state index contributed by atoms with van der Waals surface area (Å²) >= 11 is 0. The van der Waals surface area contributed by atoms with Crippen LogP contribution in [-0.2, 0) is 24.7 Å². The summed E-state index contributed by atoms with van der Waals surface area (Å²) in [5.41, 5.74) is 11.3. The van der Waals surface area contributed by atoms with Gasteiger partial charge in [0.25, 0.3) is 0 Å². The predicted octanol–water partition coefficient (Wildman–Crippen LogP) is 10.5. The van der Waals surface area contributed by atoms with Gasteiger partial charge in [-0.2, -0.15) is 0 Å². The second-order valence-corrected chi connectivity index (χ2v) is 12.4. The molecule has 0 N–H and O–H groups in total. The summed E-state index contributed by atoms with van der Waals surface area (Å²) < 4.78 is 5.68. The van der Waals surface area contributed by atoms with Crippen molar-refractivity contribution in [2.75, 3.05) is 7.11 Å². The predicted molar refractivity (Wildman–Crippen MR) is 184 cm³/mol. The van der Waals surface area contributed by atoms with Crippen molar-refractivity contribution in [2.24, 2.45) is 10.9 Å². The lowest BCUT2D eigenvalue weighted by molar-refractivity contribution is 0.400. The summed E-state index contributed by atoms with van der Waals surface area (Å²) in [7, 11) is 1.70. The number of aryl methyl sites for hydroxylation is 3. The molecule has 4 aromatic rings. The Bertz CT molecular complexity index is 1630. The van der Waals surface area contributed by atoms with E-state index < -0.39 is 0 Å². The highest BCUT2D eigenvalue weighted by Gasteiger charge is 2.36. The summed E-state index contributed by atoms with van der Waals surface area (Å²) in [4.78, 5) is 9.77. The van der Waals surface area contributed by atoms with Gasteiger partial charge in [-0.1, -0.05) is 89.1 Å². The van der Waals surface area contributed by atoms with Crippen LogP contribution in [0, 0.1) is 5.92 Å². The van der Waals surface area contributed by atoms with E-state index in [1.165, 1.54) is 44.5 Å². The number of aliphatic imine (C=N–C) groups is 1. The lowest BCUT2D eigenvalue weighted by Crippen LogP contribution is -2.30. The summed E-state index contributed by atoms with van der Waals surface area (Å²) in [5, 5.41) is 1.16. The van der Waals surface area contributed by atoms with Crippen LogP contribution in [-0.4, -0.2) is 18.3 Å². The van der Waals surface area contributed by atoms with Gasteiger partial charge in [0.2, 0.25) is 5.88 Å². The molecule has 1 aliphatic rings. The third-order valence-electron chi connectivity index (χ3n) is 9.41. The molecule has 0 radical (unpaired) electrons. The molecule has 0 saturated heterocycles. The van der Waals surface area contributed by atoms with Crippen molar-refractivity contribution in [3.63, 3.8) is 0 Å². The maximum absolute atomic E-state index is 5.68. The third-order valence-corrected chi connectivity index (χ3v) is 9.41. The lowest BCUT2D eigenvalue weighted by Gasteiger charge is -2.37. The van der Waals surface area contributed by atoms with Gasteiger partial charge in [0.15, 0.2) is 0 Å². The van der Waals surface area contributed by atoms with Gasteiger partial charge in [0, 0.05) is 29.3 Å². The SMILES string of the molecule is CCCc1ccc2cc1CCCc1cccc(c1)-c1cc(OC)nc3ccc(cc13)C2(CCC)/C(C)=C/N=CC(C)CC. The van der Waals surface area contributed by atoms with Gasteiger partial charge in [-0.05, 0) is 108 Å². The van der Waals surface area contributed by atoms with E-state index in [4.69, 9.17) is 14.7 Å². The van der Waals surface area contributed by atoms with E-state index in [9.17, 15) is 0 Å². The fourth-order valence-electron chi connectivity index (χ4n) is 6.83. The van der Waals surface area contributed by atoms with E-state index in [1.807, 2.05) is 0 Å². The van der Waals surface area contributed by atoms with E-state index in [1.54, 1.807) is 7.11 Å². The van der Waals surface area contributed by atoms with E-state index in [0.29, 0.717) is 11.8 Å². The van der Waals surface area contributed by atoms with Crippen molar-refractivity contribution in [3.05, 3.63) is 106 Å². The number of fused-ring (bicyclic) bond motifs is 6. The van der Waals surface area contributed by atoms with Gasteiger partial charge < -0.3 is 4.74 Å². The number of methoxy groups -OCH3 is 1. The number of hydrogen-bond acceptors (Lipinski definition) is 3. The molecule has 2 atom stereocenters. The molecule has 0 aliphatic heterocycles. The molecule has 0 spiro atoms. The fourth-order valence-corrected chi connectivity index (χ4v) is 6.83. The Labute approximate surface area is 259 Å². The van der Waals surface area contributed by atoms with Crippen LogP contribution in [0.4, 0.5) is 0 Å². The number of hydrogen-bond donors (Lipinski definition) is 0. The first-order chi connectivity index (χ1) is 20.9. The average molecular weight is 573 g/mol. The van der Waals surface area contributed by atoms with Crippen molar-refractivity contribution in [3.8, 4) is 17.0 Å². The lowest BCUT2D eigenvalue weighted by atomic mass is 9.66. The number of nitrogens with zero attached hydrogens (tertiary/aromatic N) is 2. The smallest absolute Gasteiger partial charge is 0.214 e. The van der Waals surface area contributed by atoms with Gasteiger partial charge in [0.1, 0.15) is 0 Å². The van der Waals surface area contributed by atoms with Crippen molar-refractivity contribution < 1.29 is 4.74 Å². The molecule has 3 nitrogen and oxygen atoms in total. The minimum absolute atomic E-state index is 0.307. The zero-order valence-electron chi connectivity index (χ0n) is 27.0. The Hall–Kier alpha value is -3.72. The zero-order chi connectivity index (χ0) is 30.4. The summed E-state index contributed by atoms with van der Waals surface area (Å²) in [6.45, 7) is 11.3. The quantitative estimate of drug-likeness (QED) is 0.187. The Morgan fingerprint density at radius 2 is 1.79 bits per heavy atom. The topological polar surface area (TPSA) is 34.5 Å². The Morgan fingerprint density at radius 1 is 0.977 bits per heavy atom. The number of ether oxygens (including phenoxy) is 1. The third kappa shape index (κ3) is 6.32. The van der Waals surface area contributed by atoms with Crippen LogP contribution in [0.1, 0.15) is 94.5 Å². The highest BCUT2D eigenvalue weighted by molar-refractivity contribution is 5.96. The molecule has 1 aliphatic carbocycles. The van der Waals surface area contributed by atoms with Crippen LogP contribution in [0.15, 0.2) is 83.5 Å². The monoisotopic (exact) mass is 572 g/mol. The molecule has 2 unspecified atom stereocenters. The number of allylic oxidation sites excluding steroid dienone is 1. The molecule has 0 fully saturated rings. The van der Waals surface area contributed by atoms with Crippen LogP contribution in [0.5, 0.6) is 5.88 Å². The van der Waals surface area contributed by atoms with Crippen molar-refractivity contribution in [1.82, 2.24) is 4.98 Å². The maximum Gasteiger partial charge on any atom is 0.214 e. The minimum Gasteiger partial charge on any atom is -0.481 e. The molecule has 5 rings (SSSR count). The van der Waals surface area contributed by atoms with Gasteiger partial charge >= 0.3 is 0 Å². The Balaban J connectivity index is 1.86. The number of benzene rings is 3. The fraction of sp³-hybridized carbons (Fsp3) is 0.400. The summed E-state index contributed by atoms with van der Waals surface area (Å²) in [6.07, 6.45) is 12.9. The molecule has 43 heavy (non-hydrogen) atoms. The van der Waals surface area contributed by atoms with Crippen molar-refractivity contribution >= 4 is 17.1 Å². The van der Waals surface area contributed by atoms with Crippen molar-refractivity contribution in [2.45, 2.75) is 91.4 Å². The summed E-state index contributed by atoms with van der Waals surface area (Å²) in [5.74, 6) is 1.10. The van der Waals surface area contributed by atoms with Gasteiger partial charge in [-0.15, -0.1) is 0 Å². The van der Waals surface area contributed by atoms with Crippen LogP contribution >= 0.6 is 0 Å². The first-order valence-electron chi connectivity index (χ1n) is 16.3. The Morgan fingerprint density at radius 3 is 2.56 bits per heavy atom. The number of rotatable bonds is 9. The van der Waals surface area contributed by atoms with E-state index >= 15 is 0 Å². The molecule has 6 bridgehead atoms. The molecular formula is C40H48N2O. The minimum atomic E-state index is -0.307. The van der Waals surface area contributed by atoms with Crippen molar-refractivity contribution in [1.29, 1.82) is 0 Å². The highest BCUT2D eigenvalue weighted by Crippen LogP contribution is 2.46. The first-order valence-corrected chi connectivity index (χ1v) is 16.3. The number of pyridine rings is 1. The van der Waals surface area contributed by atoms with Crippen LogP contribution in [0.2, 0.25) is 0 Å². The molecule has 0 amide bonds. The van der Waals surface area contributed by atoms with Gasteiger partial charge in [0.05, 0.1) is 12.6 Å². The highest BCUT2D eigenvalue weighted by atomic mass is 16.5. The van der Waals surface area contributed by atoms with Crippen LogP contribution < -0.4 is 4.74 Å². The molecular weight excluding hydrogens is 524 g/mol. The molecule has 1 heterocycles. The number of aromatic nitrogens is 1. The van der Waals surface area contributed by atoms with Crippen LogP contribution in [0.25, 0.3) is 22.0 Å². The first kappa shape index (κ1) is 30.7. The largest absolute Gasteiger partial charge is 0.481 e. The normalized spacial score (nSPS) is 17.8. The second-order valence-electron chi connectivity index (χ2n) is 12.4. The molecule has 224 valence electrons. The second kappa shape index (κ2) is 13.7. The molecule has 0 saturated carbocycles. The summed E-state index contributed by atoms with van der Waals surface area (Å²) in [6, 6.07) is 25.4. The van der Waals surface area contributed by atoms with E-state index in [-0.39, 0.29) is 5.41 Å². The van der Waals surface area contributed by atoms with Gasteiger partial charge in [-0.25, -0.2) is 4.98 Å². The zero-order valence-corrected chi connectivity index (χ0v) is 27.0. The average Bonchev–Trinajstić information content (AvgIpc) is 3.03. The van der Waals surface area contributed by atoms with E-state index in [0.717, 1.165) is 62.3 Å². The van der Waals surface area contributed by atoms with E-state index in [2.05, 4.69) is 114 Å². The standard InChI is InChI=1S/C40H48N2O/c1-7-12-31-17-18-34-23-32(31)15-10-13-30-14-11-16-33(22-30)36-25-39(43-6)42-38-20-19-35(24-37(36)38)40(34,21-8-2)29(5)27-41-26-28(4)9-3/h11,14,16-20,22-28H,7-10,12-13,15,21H2,1-6H3/b29-27+,41-26?. The molecule has 1 aromatic heterocycles. The molecule has 3 aromatic carbocycles. The van der Waals surface area contributed by atoms with Gasteiger partial charge in [-0.3, -0.25) is 4.99 Å². The Kier molecular flexibility index (Phi) is 9.80.